The molecule has 0 aliphatic carbocycles. The normalized spacial score (nSPS) is 12.7. The number of hydrogen-bond acceptors (Lipinski definition) is 3. The fraction of sp³-hybridized carbons (Fsp3) is 0.200. The predicted molar refractivity (Wildman–Crippen MR) is 78.3 cm³/mol. The standard InChI is InChI=1S/C15H15N3O2/c1-18-9-12(3-5-14(18)19)17-15(20)11-2-4-13-10(8-11)6-7-16-13/h2-5,8-9,16H,6-7H2,1H3,(H,17,20). The molecule has 0 unspecified atom stereocenters. The van der Waals surface area contributed by atoms with Crippen molar-refractivity contribution >= 4 is 17.3 Å². The average Bonchev–Trinajstić information content (AvgIpc) is 2.90. The summed E-state index contributed by atoms with van der Waals surface area (Å²) in [5, 5.41) is 6.06. The van der Waals surface area contributed by atoms with Crippen LogP contribution in [0.15, 0.2) is 41.3 Å². The van der Waals surface area contributed by atoms with Gasteiger partial charge in [-0.2, -0.15) is 0 Å². The van der Waals surface area contributed by atoms with Gasteiger partial charge < -0.3 is 15.2 Å². The van der Waals surface area contributed by atoms with Crippen LogP contribution in [0.4, 0.5) is 11.4 Å². The highest BCUT2D eigenvalue weighted by Crippen LogP contribution is 2.23. The fourth-order valence-electron chi connectivity index (χ4n) is 2.32. The Bertz CT molecular complexity index is 734. The van der Waals surface area contributed by atoms with Gasteiger partial charge in [0.1, 0.15) is 0 Å². The Hall–Kier alpha value is -2.56. The monoisotopic (exact) mass is 269 g/mol. The van der Waals surface area contributed by atoms with Crippen LogP contribution in [0.25, 0.3) is 0 Å². The van der Waals surface area contributed by atoms with Crippen molar-refractivity contribution in [3.63, 3.8) is 0 Å². The number of nitrogens with one attached hydrogen (secondary N) is 2. The molecule has 1 aromatic carbocycles. The number of hydrogen-bond donors (Lipinski definition) is 2. The van der Waals surface area contributed by atoms with Crippen molar-refractivity contribution in [2.45, 2.75) is 6.42 Å². The van der Waals surface area contributed by atoms with E-state index < -0.39 is 0 Å². The van der Waals surface area contributed by atoms with Gasteiger partial charge in [0.25, 0.3) is 5.91 Å². The second-order valence-corrected chi connectivity index (χ2v) is 4.87. The van der Waals surface area contributed by atoms with E-state index >= 15 is 0 Å². The fourth-order valence-corrected chi connectivity index (χ4v) is 2.32. The summed E-state index contributed by atoms with van der Waals surface area (Å²) in [7, 11) is 1.65. The summed E-state index contributed by atoms with van der Waals surface area (Å²) in [5.41, 5.74) is 3.39. The molecule has 20 heavy (non-hydrogen) atoms. The van der Waals surface area contributed by atoms with Crippen LogP contribution in [0.5, 0.6) is 0 Å². The number of anilines is 2. The molecule has 0 fully saturated rings. The summed E-state index contributed by atoms with van der Waals surface area (Å²) in [6, 6.07) is 8.68. The predicted octanol–water partition coefficient (Wildman–Crippen LogP) is 1.61. The van der Waals surface area contributed by atoms with Crippen molar-refractivity contribution < 1.29 is 4.79 Å². The van der Waals surface area contributed by atoms with Crippen molar-refractivity contribution in [2.24, 2.45) is 7.05 Å². The number of rotatable bonds is 2. The van der Waals surface area contributed by atoms with Gasteiger partial charge in [0.05, 0.1) is 5.69 Å². The zero-order valence-corrected chi connectivity index (χ0v) is 11.1. The van der Waals surface area contributed by atoms with Crippen molar-refractivity contribution in [1.82, 2.24) is 4.57 Å². The molecule has 2 N–H and O–H groups in total. The van der Waals surface area contributed by atoms with Gasteiger partial charge in [0.15, 0.2) is 0 Å². The van der Waals surface area contributed by atoms with Gasteiger partial charge in [-0.15, -0.1) is 0 Å². The van der Waals surface area contributed by atoms with Gasteiger partial charge in [-0.25, -0.2) is 0 Å². The summed E-state index contributed by atoms with van der Waals surface area (Å²) in [6.07, 6.45) is 2.55. The molecule has 5 nitrogen and oxygen atoms in total. The van der Waals surface area contributed by atoms with E-state index in [-0.39, 0.29) is 11.5 Å². The van der Waals surface area contributed by atoms with E-state index in [1.54, 1.807) is 25.4 Å². The van der Waals surface area contributed by atoms with Crippen LogP contribution in [-0.4, -0.2) is 17.0 Å². The molecule has 5 heteroatoms. The van der Waals surface area contributed by atoms with Gasteiger partial charge in [-0.1, -0.05) is 0 Å². The minimum atomic E-state index is -0.168. The first kappa shape index (κ1) is 12.5. The Morgan fingerprint density at radius 2 is 2.15 bits per heavy atom. The van der Waals surface area contributed by atoms with Crippen LogP contribution >= 0.6 is 0 Å². The van der Waals surface area contributed by atoms with Crippen molar-refractivity contribution in [2.75, 3.05) is 17.2 Å². The van der Waals surface area contributed by atoms with Crippen LogP contribution in [-0.2, 0) is 13.5 Å². The molecule has 1 aliphatic heterocycles. The van der Waals surface area contributed by atoms with Gasteiger partial charge >= 0.3 is 0 Å². The lowest BCUT2D eigenvalue weighted by Crippen LogP contribution is -2.18. The first-order valence-electron chi connectivity index (χ1n) is 6.48. The van der Waals surface area contributed by atoms with Gasteiger partial charge in [0.2, 0.25) is 5.56 Å². The van der Waals surface area contributed by atoms with Gasteiger partial charge in [-0.3, -0.25) is 9.59 Å². The van der Waals surface area contributed by atoms with Crippen LogP contribution in [0.3, 0.4) is 0 Å². The van der Waals surface area contributed by atoms with E-state index in [0.717, 1.165) is 24.2 Å². The first-order chi connectivity index (χ1) is 9.63. The van der Waals surface area contributed by atoms with E-state index in [4.69, 9.17) is 0 Å². The molecule has 1 amide bonds. The number of fused-ring (bicyclic) bond motifs is 1. The molecular weight excluding hydrogens is 254 g/mol. The highest BCUT2D eigenvalue weighted by Gasteiger charge is 2.13. The highest BCUT2D eigenvalue weighted by molar-refractivity contribution is 6.04. The maximum absolute atomic E-state index is 12.2. The van der Waals surface area contributed by atoms with Crippen molar-refractivity contribution in [3.8, 4) is 0 Å². The molecule has 2 aromatic rings. The smallest absolute Gasteiger partial charge is 0.255 e. The second kappa shape index (κ2) is 4.85. The number of carbonyl (C=O) groups is 1. The Morgan fingerprint density at radius 3 is 2.95 bits per heavy atom. The molecule has 102 valence electrons. The van der Waals surface area contributed by atoms with E-state index in [2.05, 4.69) is 10.6 Å². The quantitative estimate of drug-likeness (QED) is 0.870. The van der Waals surface area contributed by atoms with E-state index in [1.807, 2.05) is 12.1 Å². The molecule has 2 heterocycles. The van der Waals surface area contributed by atoms with Crippen molar-refractivity contribution in [1.29, 1.82) is 0 Å². The Balaban J connectivity index is 1.82. The van der Waals surface area contributed by atoms with Crippen molar-refractivity contribution in [3.05, 3.63) is 58.0 Å². The van der Waals surface area contributed by atoms with Crippen LogP contribution < -0.4 is 16.2 Å². The second-order valence-electron chi connectivity index (χ2n) is 4.87. The number of amides is 1. The Labute approximate surface area is 116 Å². The molecule has 1 aromatic heterocycles. The number of aryl methyl sites for hydroxylation is 1. The summed E-state index contributed by atoms with van der Waals surface area (Å²) in [4.78, 5) is 23.5. The molecule has 0 radical (unpaired) electrons. The Kier molecular flexibility index (Phi) is 3.02. The zero-order valence-electron chi connectivity index (χ0n) is 11.1. The lowest BCUT2D eigenvalue weighted by Gasteiger charge is -2.08. The van der Waals surface area contributed by atoms with E-state index in [9.17, 15) is 9.59 Å². The maximum atomic E-state index is 12.2. The number of nitrogens with zero attached hydrogens (tertiary/aromatic N) is 1. The number of carbonyl (C=O) groups excluding carboxylic acids is 1. The summed E-state index contributed by atoms with van der Waals surface area (Å²) < 4.78 is 1.43. The minimum absolute atomic E-state index is 0.105. The van der Waals surface area contributed by atoms with E-state index in [0.29, 0.717) is 11.3 Å². The van der Waals surface area contributed by atoms with E-state index in [1.165, 1.54) is 10.6 Å². The lowest BCUT2D eigenvalue weighted by molar-refractivity contribution is 0.102. The number of pyridine rings is 1. The van der Waals surface area contributed by atoms with Gasteiger partial charge in [-0.05, 0) is 36.2 Å². The minimum Gasteiger partial charge on any atom is -0.384 e. The number of benzene rings is 1. The summed E-state index contributed by atoms with van der Waals surface area (Å²) >= 11 is 0. The molecule has 0 bridgehead atoms. The average molecular weight is 269 g/mol. The molecule has 1 aliphatic rings. The maximum Gasteiger partial charge on any atom is 0.255 e. The SMILES string of the molecule is Cn1cc(NC(=O)c2ccc3c(c2)CCN3)ccc1=O. The third kappa shape index (κ3) is 2.30. The molecule has 0 atom stereocenters. The first-order valence-corrected chi connectivity index (χ1v) is 6.48. The third-order valence-corrected chi connectivity index (χ3v) is 3.42. The highest BCUT2D eigenvalue weighted by atomic mass is 16.1. The van der Waals surface area contributed by atoms with Crippen LogP contribution in [0.2, 0.25) is 0 Å². The molecule has 0 saturated carbocycles. The molecule has 0 saturated heterocycles. The summed E-state index contributed by atoms with van der Waals surface area (Å²) in [6.45, 7) is 0.918. The largest absolute Gasteiger partial charge is 0.384 e. The molecule has 0 spiro atoms. The summed E-state index contributed by atoms with van der Waals surface area (Å²) in [5.74, 6) is -0.168. The third-order valence-electron chi connectivity index (χ3n) is 3.42. The number of aromatic nitrogens is 1. The lowest BCUT2D eigenvalue weighted by atomic mass is 10.1. The van der Waals surface area contributed by atoms with Crippen LogP contribution in [0.1, 0.15) is 15.9 Å². The Morgan fingerprint density at radius 1 is 1.30 bits per heavy atom. The van der Waals surface area contributed by atoms with Gasteiger partial charge in [0, 0.05) is 37.1 Å². The van der Waals surface area contributed by atoms with Crippen LogP contribution in [0, 0.1) is 0 Å². The zero-order chi connectivity index (χ0) is 14.1. The molecular formula is C15H15N3O2. The topological polar surface area (TPSA) is 63.1 Å². The molecule has 3 rings (SSSR count).